The lowest BCUT2D eigenvalue weighted by atomic mass is 10.3. The lowest BCUT2D eigenvalue weighted by Crippen LogP contribution is -2.21. The van der Waals surface area contributed by atoms with Gasteiger partial charge in [-0.1, -0.05) is 45.2 Å². The molecule has 0 bridgehead atoms. The highest BCUT2D eigenvalue weighted by Crippen LogP contribution is 2.25. The number of amides is 1. The molecule has 6 heteroatoms. The fraction of sp³-hybridized carbons (Fsp3) is 0.0714. The molecule has 0 saturated heterocycles. The van der Waals surface area contributed by atoms with Gasteiger partial charge in [0, 0.05) is 15.8 Å². The topological polar surface area (TPSA) is 41.1 Å². The normalized spacial score (nSPS) is 10.2. The van der Waals surface area contributed by atoms with Gasteiger partial charge in [-0.15, -0.1) is 0 Å². The molecule has 0 aromatic heterocycles. The van der Waals surface area contributed by atoms with E-state index >= 15 is 0 Å². The van der Waals surface area contributed by atoms with E-state index in [4.69, 9.17) is 23.2 Å². The van der Waals surface area contributed by atoms with Crippen molar-refractivity contribution in [2.24, 2.45) is 0 Å². The fourth-order valence-corrected chi connectivity index (χ4v) is 2.26. The standard InChI is InChI=1S/C14H11BrCl2N2O/c15-9-2-1-3-10(6-9)18-8-14(20)19-11-4-5-12(16)13(17)7-11/h1-7,18H,8H2,(H,19,20). The summed E-state index contributed by atoms with van der Waals surface area (Å²) < 4.78 is 0.951. The van der Waals surface area contributed by atoms with Gasteiger partial charge in [-0.3, -0.25) is 4.79 Å². The van der Waals surface area contributed by atoms with Crippen LogP contribution in [0.2, 0.25) is 10.0 Å². The molecule has 2 N–H and O–H groups in total. The van der Waals surface area contributed by atoms with Gasteiger partial charge in [0.1, 0.15) is 0 Å². The van der Waals surface area contributed by atoms with E-state index in [1.165, 1.54) is 0 Å². The molecule has 0 aliphatic heterocycles. The van der Waals surface area contributed by atoms with Gasteiger partial charge < -0.3 is 10.6 Å². The van der Waals surface area contributed by atoms with Crippen LogP contribution in [0.25, 0.3) is 0 Å². The van der Waals surface area contributed by atoms with E-state index in [9.17, 15) is 4.79 Å². The number of hydrogen-bond donors (Lipinski definition) is 2. The van der Waals surface area contributed by atoms with Crippen LogP contribution in [-0.2, 0) is 4.79 Å². The van der Waals surface area contributed by atoms with Crippen molar-refractivity contribution in [3.8, 4) is 0 Å². The smallest absolute Gasteiger partial charge is 0.243 e. The van der Waals surface area contributed by atoms with E-state index in [-0.39, 0.29) is 12.5 Å². The Bertz CT molecular complexity index is 634. The lowest BCUT2D eigenvalue weighted by Gasteiger charge is -2.08. The number of rotatable bonds is 4. The molecule has 3 nitrogen and oxygen atoms in total. The van der Waals surface area contributed by atoms with E-state index in [0.717, 1.165) is 10.2 Å². The Morgan fingerprint density at radius 2 is 1.85 bits per heavy atom. The van der Waals surface area contributed by atoms with Gasteiger partial charge in [0.15, 0.2) is 0 Å². The SMILES string of the molecule is O=C(CNc1cccc(Br)c1)Nc1ccc(Cl)c(Cl)c1. The summed E-state index contributed by atoms with van der Waals surface area (Å²) in [5.74, 6) is -0.164. The second-order valence-corrected chi connectivity index (χ2v) is 5.77. The Balaban J connectivity index is 1.91. The van der Waals surface area contributed by atoms with Crippen LogP contribution in [0.5, 0.6) is 0 Å². The highest BCUT2D eigenvalue weighted by Gasteiger charge is 2.04. The maximum atomic E-state index is 11.8. The molecule has 20 heavy (non-hydrogen) atoms. The number of halogens is 3. The molecular weight excluding hydrogens is 363 g/mol. The maximum Gasteiger partial charge on any atom is 0.243 e. The molecule has 0 aliphatic carbocycles. The van der Waals surface area contributed by atoms with Crippen molar-refractivity contribution in [2.45, 2.75) is 0 Å². The average Bonchev–Trinajstić information content (AvgIpc) is 2.41. The van der Waals surface area contributed by atoms with Crippen LogP contribution in [0.4, 0.5) is 11.4 Å². The largest absolute Gasteiger partial charge is 0.376 e. The predicted octanol–water partition coefficient (Wildman–Crippen LogP) is 4.81. The lowest BCUT2D eigenvalue weighted by molar-refractivity contribution is -0.114. The number of anilines is 2. The van der Waals surface area contributed by atoms with Crippen LogP contribution in [-0.4, -0.2) is 12.5 Å². The Kier molecular flexibility index (Phi) is 5.29. The molecule has 0 spiro atoms. The number of hydrogen-bond acceptors (Lipinski definition) is 2. The highest BCUT2D eigenvalue weighted by atomic mass is 79.9. The zero-order chi connectivity index (χ0) is 14.5. The molecule has 0 fully saturated rings. The van der Waals surface area contributed by atoms with Gasteiger partial charge in [0.2, 0.25) is 5.91 Å². The van der Waals surface area contributed by atoms with Crippen LogP contribution in [0.15, 0.2) is 46.9 Å². The van der Waals surface area contributed by atoms with Crippen LogP contribution in [0.3, 0.4) is 0 Å². The van der Waals surface area contributed by atoms with E-state index in [1.807, 2.05) is 24.3 Å². The van der Waals surface area contributed by atoms with Crippen molar-refractivity contribution < 1.29 is 4.79 Å². The number of carbonyl (C=O) groups excluding carboxylic acids is 1. The zero-order valence-electron chi connectivity index (χ0n) is 10.3. The summed E-state index contributed by atoms with van der Waals surface area (Å²) in [6.07, 6.45) is 0. The molecule has 0 saturated carbocycles. The first-order valence-corrected chi connectivity index (χ1v) is 7.34. The Labute approximate surface area is 135 Å². The van der Waals surface area contributed by atoms with E-state index in [0.29, 0.717) is 15.7 Å². The van der Waals surface area contributed by atoms with E-state index < -0.39 is 0 Å². The molecule has 2 aromatic carbocycles. The molecule has 0 aliphatic rings. The minimum absolute atomic E-state index is 0.163. The Hall–Kier alpha value is -1.23. The van der Waals surface area contributed by atoms with Crippen LogP contribution in [0.1, 0.15) is 0 Å². The third-order valence-electron chi connectivity index (χ3n) is 2.48. The summed E-state index contributed by atoms with van der Waals surface area (Å²) >= 11 is 15.1. The first kappa shape index (κ1) is 15.2. The summed E-state index contributed by atoms with van der Waals surface area (Å²) in [5.41, 5.74) is 1.48. The minimum atomic E-state index is -0.164. The summed E-state index contributed by atoms with van der Waals surface area (Å²) in [5, 5.41) is 6.63. The molecule has 0 unspecified atom stereocenters. The van der Waals surface area contributed by atoms with Gasteiger partial charge >= 0.3 is 0 Å². The summed E-state index contributed by atoms with van der Waals surface area (Å²) in [6, 6.07) is 12.5. The van der Waals surface area contributed by atoms with Gasteiger partial charge in [-0.05, 0) is 36.4 Å². The molecule has 2 rings (SSSR count). The van der Waals surface area contributed by atoms with Gasteiger partial charge in [-0.25, -0.2) is 0 Å². The monoisotopic (exact) mass is 372 g/mol. The quantitative estimate of drug-likeness (QED) is 0.807. The summed E-state index contributed by atoms with van der Waals surface area (Å²) in [4.78, 5) is 11.8. The van der Waals surface area contributed by atoms with Crippen molar-refractivity contribution in [3.63, 3.8) is 0 Å². The first-order valence-electron chi connectivity index (χ1n) is 5.79. The predicted molar refractivity (Wildman–Crippen MR) is 87.7 cm³/mol. The van der Waals surface area contributed by atoms with Crippen LogP contribution < -0.4 is 10.6 Å². The molecule has 0 radical (unpaired) electrons. The maximum absolute atomic E-state index is 11.8. The molecule has 1 amide bonds. The van der Waals surface area contributed by atoms with E-state index in [2.05, 4.69) is 26.6 Å². The summed E-state index contributed by atoms with van der Waals surface area (Å²) in [6.45, 7) is 0.163. The molecule has 0 heterocycles. The molecule has 2 aromatic rings. The van der Waals surface area contributed by atoms with Crippen LogP contribution in [0, 0.1) is 0 Å². The summed E-state index contributed by atoms with van der Waals surface area (Å²) in [7, 11) is 0. The van der Waals surface area contributed by atoms with Gasteiger partial charge in [0.05, 0.1) is 16.6 Å². The Morgan fingerprint density at radius 1 is 1.05 bits per heavy atom. The minimum Gasteiger partial charge on any atom is -0.376 e. The molecule has 104 valence electrons. The van der Waals surface area contributed by atoms with Crippen LogP contribution >= 0.6 is 39.1 Å². The van der Waals surface area contributed by atoms with Gasteiger partial charge in [-0.2, -0.15) is 0 Å². The number of carbonyl (C=O) groups is 1. The number of benzene rings is 2. The zero-order valence-corrected chi connectivity index (χ0v) is 13.4. The third-order valence-corrected chi connectivity index (χ3v) is 3.71. The second-order valence-electron chi connectivity index (χ2n) is 4.04. The van der Waals surface area contributed by atoms with E-state index in [1.54, 1.807) is 18.2 Å². The highest BCUT2D eigenvalue weighted by molar-refractivity contribution is 9.10. The van der Waals surface area contributed by atoms with Crippen molar-refractivity contribution in [1.29, 1.82) is 0 Å². The second kappa shape index (κ2) is 6.97. The Morgan fingerprint density at radius 3 is 2.55 bits per heavy atom. The van der Waals surface area contributed by atoms with Crippen molar-refractivity contribution in [3.05, 3.63) is 57.0 Å². The van der Waals surface area contributed by atoms with Gasteiger partial charge in [0.25, 0.3) is 0 Å². The third kappa shape index (κ3) is 4.40. The molecular formula is C14H11BrCl2N2O. The first-order chi connectivity index (χ1) is 9.54. The fourth-order valence-electron chi connectivity index (χ4n) is 1.56. The molecule has 0 atom stereocenters. The van der Waals surface area contributed by atoms with Crippen molar-refractivity contribution in [2.75, 3.05) is 17.2 Å². The average molecular weight is 374 g/mol. The van der Waals surface area contributed by atoms with Crippen molar-refractivity contribution in [1.82, 2.24) is 0 Å². The number of nitrogens with one attached hydrogen (secondary N) is 2. The van der Waals surface area contributed by atoms with Crippen molar-refractivity contribution >= 4 is 56.4 Å².